The Hall–Kier alpha value is -1.67. The van der Waals surface area contributed by atoms with Gasteiger partial charge in [-0.25, -0.2) is 0 Å². The molecule has 0 aliphatic heterocycles. The van der Waals surface area contributed by atoms with E-state index in [2.05, 4.69) is 43.1 Å². The van der Waals surface area contributed by atoms with E-state index in [9.17, 15) is 0 Å². The largest absolute Gasteiger partial charge is 0.327 e. The fraction of sp³-hybridized carbons (Fsp3) is 0.353. The van der Waals surface area contributed by atoms with Crippen LogP contribution in [0, 0.1) is 13.8 Å². The number of pyridine rings is 1. The zero-order chi connectivity index (χ0) is 13.7. The maximum atomic E-state index is 6.24. The van der Waals surface area contributed by atoms with Crippen LogP contribution in [0.1, 0.15) is 28.8 Å². The number of aryl methyl sites for hydroxylation is 3. The summed E-state index contributed by atoms with van der Waals surface area (Å²) in [6.45, 7) is 4.28. The van der Waals surface area contributed by atoms with E-state index < -0.39 is 0 Å². The third kappa shape index (κ3) is 4.18. The quantitative estimate of drug-likeness (QED) is 0.890. The van der Waals surface area contributed by atoms with Gasteiger partial charge in [0.05, 0.1) is 0 Å². The summed E-state index contributed by atoms with van der Waals surface area (Å²) >= 11 is 0. The van der Waals surface area contributed by atoms with E-state index in [4.69, 9.17) is 5.73 Å². The lowest BCUT2D eigenvalue weighted by Crippen LogP contribution is -2.24. The van der Waals surface area contributed by atoms with Gasteiger partial charge in [0.15, 0.2) is 0 Å². The van der Waals surface area contributed by atoms with Crippen molar-refractivity contribution in [2.24, 2.45) is 5.73 Å². The van der Waals surface area contributed by atoms with Crippen LogP contribution < -0.4 is 5.73 Å². The van der Waals surface area contributed by atoms with Crippen molar-refractivity contribution in [1.29, 1.82) is 0 Å². The Bertz CT molecular complexity index is 520. The van der Waals surface area contributed by atoms with Crippen LogP contribution in [-0.4, -0.2) is 11.0 Å². The second-order valence-corrected chi connectivity index (χ2v) is 5.25. The number of aromatic nitrogens is 1. The normalized spacial score (nSPS) is 12.4. The third-order valence-electron chi connectivity index (χ3n) is 3.48. The fourth-order valence-corrected chi connectivity index (χ4v) is 2.28. The summed E-state index contributed by atoms with van der Waals surface area (Å²) < 4.78 is 0. The third-order valence-corrected chi connectivity index (χ3v) is 3.48. The van der Waals surface area contributed by atoms with E-state index in [1.807, 2.05) is 18.3 Å². The van der Waals surface area contributed by atoms with Gasteiger partial charge in [-0.3, -0.25) is 4.98 Å². The Labute approximate surface area is 115 Å². The predicted octanol–water partition coefficient (Wildman–Crippen LogP) is 3.20. The summed E-state index contributed by atoms with van der Waals surface area (Å²) in [5.74, 6) is 0. The molecule has 1 aromatic heterocycles. The molecule has 0 spiro atoms. The van der Waals surface area contributed by atoms with Gasteiger partial charge in [0, 0.05) is 17.9 Å². The Kier molecular flexibility index (Phi) is 4.69. The first-order valence-corrected chi connectivity index (χ1v) is 6.87. The van der Waals surface area contributed by atoms with E-state index in [0.717, 1.165) is 25.0 Å². The molecule has 2 N–H and O–H groups in total. The molecule has 2 nitrogen and oxygen atoms in total. The molecule has 0 saturated heterocycles. The molecule has 100 valence electrons. The molecule has 0 aliphatic carbocycles. The van der Waals surface area contributed by atoms with Crippen molar-refractivity contribution in [1.82, 2.24) is 4.98 Å². The molecule has 1 atom stereocenters. The van der Waals surface area contributed by atoms with Crippen molar-refractivity contribution in [2.75, 3.05) is 0 Å². The smallest absolute Gasteiger partial charge is 0.0404 e. The van der Waals surface area contributed by atoms with Gasteiger partial charge >= 0.3 is 0 Å². The molecule has 0 bridgehead atoms. The maximum absolute atomic E-state index is 6.24. The van der Waals surface area contributed by atoms with Crippen LogP contribution >= 0.6 is 0 Å². The average Bonchev–Trinajstić information content (AvgIpc) is 2.42. The monoisotopic (exact) mass is 254 g/mol. The van der Waals surface area contributed by atoms with Gasteiger partial charge in [-0.2, -0.15) is 0 Å². The summed E-state index contributed by atoms with van der Waals surface area (Å²) in [4.78, 5) is 4.33. The van der Waals surface area contributed by atoms with E-state index in [0.29, 0.717) is 0 Å². The van der Waals surface area contributed by atoms with Crippen molar-refractivity contribution < 1.29 is 0 Å². The van der Waals surface area contributed by atoms with Crippen LogP contribution in [0.2, 0.25) is 0 Å². The molecule has 2 rings (SSSR count). The van der Waals surface area contributed by atoms with Crippen LogP contribution in [-0.2, 0) is 12.8 Å². The lowest BCUT2D eigenvalue weighted by atomic mass is 9.97. The minimum atomic E-state index is 0.197. The van der Waals surface area contributed by atoms with Crippen molar-refractivity contribution >= 4 is 0 Å². The molecule has 0 radical (unpaired) electrons. The highest BCUT2D eigenvalue weighted by Gasteiger charge is 2.07. The Morgan fingerprint density at radius 3 is 2.74 bits per heavy atom. The second kappa shape index (κ2) is 6.48. The number of hydrogen-bond donors (Lipinski definition) is 1. The molecule has 0 amide bonds. The first-order chi connectivity index (χ1) is 9.15. The van der Waals surface area contributed by atoms with E-state index in [1.165, 1.54) is 16.7 Å². The van der Waals surface area contributed by atoms with Gasteiger partial charge in [-0.05, 0) is 56.4 Å². The van der Waals surface area contributed by atoms with E-state index in [1.54, 1.807) is 0 Å². The molecular weight excluding hydrogens is 232 g/mol. The molecule has 1 aromatic carbocycles. The highest BCUT2D eigenvalue weighted by Crippen LogP contribution is 2.14. The molecule has 1 heterocycles. The minimum Gasteiger partial charge on any atom is -0.327 e. The minimum absolute atomic E-state index is 0.197. The van der Waals surface area contributed by atoms with Crippen LogP contribution in [0.15, 0.2) is 42.6 Å². The first-order valence-electron chi connectivity index (χ1n) is 6.87. The molecule has 2 heteroatoms. The number of nitrogens with zero attached hydrogens (tertiary/aromatic N) is 1. The topological polar surface area (TPSA) is 38.9 Å². The fourth-order valence-electron chi connectivity index (χ4n) is 2.28. The summed E-state index contributed by atoms with van der Waals surface area (Å²) in [5, 5.41) is 0. The summed E-state index contributed by atoms with van der Waals surface area (Å²) in [6.07, 6.45) is 4.71. The second-order valence-electron chi connectivity index (χ2n) is 5.25. The number of rotatable bonds is 5. The van der Waals surface area contributed by atoms with Crippen molar-refractivity contribution in [3.8, 4) is 0 Å². The van der Waals surface area contributed by atoms with Crippen molar-refractivity contribution in [2.45, 2.75) is 39.2 Å². The average molecular weight is 254 g/mol. The zero-order valence-electron chi connectivity index (χ0n) is 11.8. The van der Waals surface area contributed by atoms with Crippen molar-refractivity contribution in [3.05, 3.63) is 65.0 Å². The molecule has 0 fully saturated rings. The molecule has 0 aliphatic rings. The lowest BCUT2D eigenvalue weighted by molar-refractivity contribution is 0.603. The first kappa shape index (κ1) is 13.8. The van der Waals surface area contributed by atoms with Crippen LogP contribution in [0.25, 0.3) is 0 Å². The Morgan fingerprint density at radius 1 is 1.16 bits per heavy atom. The SMILES string of the molecule is Cc1ccc(C)c(CC(N)CCc2ccccn2)c1. The van der Waals surface area contributed by atoms with Gasteiger partial charge in [-0.15, -0.1) is 0 Å². The van der Waals surface area contributed by atoms with E-state index in [-0.39, 0.29) is 6.04 Å². The zero-order valence-corrected chi connectivity index (χ0v) is 11.8. The summed E-state index contributed by atoms with van der Waals surface area (Å²) in [5.41, 5.74) is 11.4. The van der Waals surface area contributed by atoms with Gasteiger partial charge < -0.3 is 5.73 Å². The highest BCUT2D eigenvalue weighted by atomic mass is 14.7. The van der Waals surface area contributed by atoms with Crippen LogP contribution in [0.5, 0.6) is 0 Å². The van der Waals surface area contributed by atoms with Crippen LogP contribution in [0.4, 0.5) is 0 Å². The van der Waals surface area contributed by atoms with Gasteiger partial charge in [0.1, 0.15) is 0 Å². The summed E-state index contributed by atoms with van der Waals surface area (Å²) in [6, 6.07) is 12.8. The molecule has 0 saturated carbocycles. The molecule has 1 unspecified atom stereocenters. The molecular formula is C17H22N2. The molecule has 2 aromatic rings. The summed E-state index contributed by atoms with van der Waals surface area (Å²) in [7, 11) is 0. The Balaban J connectivity index is 1.90. The number of hydrogen-bond acceptors (Lipinski definition) is 2. The number of benzene rings is 1. The van der Waals surface area contributed by atoms with Gasteiger partial charge in [-0.1, -0.05) is 29.8 Å². The van der Waals surface area contributed by atoms with Crippen molar-refractivity contribution in [3.63, 3.8) is 0 Å². The lowest BCUT2D eigenvalue weighted by Gasteiger charge is -2.14. The van der Waals surface area contributed by atoms with Gasteiger partial charge in [0.25, 0.3) is 0 Å². The highest BCUT2D eigenvalue weighted by molar-refractivity contribution is 5.31. The molecule has 19 heavy (non-hydrogen) atoms. The van der Waals surface area contributed by atoms with Crippen LogP contribution in [0.3, 0.4) is 0 Å². The number of nitrogens with two attached hydrogens (primary N) is 1. The van der Waals surface area contributed by atoms with Gasteiger partial charge in [0.2, 0.25) is 0 Å². The van der Waals surface area contributed by atoms with E-state index >= 15 is 0 Å². The standard InChI is InChI=1S/C17H22N2/c1-13-6-7-14(2)15(11-13)12-16(18)8-9-17-5-3-4-10-19-17/h3-7,10-11,16H,8-9,12,18H2,1-2H3. The maximum Gasteiger partial charge on any atom is 0.0404 e. The Morgan fingerprint density at radius 2 is 2.00 bits per heavy atom. The predicted molar refractivity (Wildman–Crippen MR) is 80.2 cm³/mol.